The maximum absolute atomic E-state index is 12.4. The molecule has 1 heterocycles. The van der Waals surface area contributed by atoms with Crippen molar-refractivity contribution < 1.29 is 4.79 Å². The third-order valence-corrected chi connectivity index (χ3v) is 5.10. The lowest BCUT2D eigenvalue weighted by molar-refractivity contribution is 0.0813. The van der Waals surface area contributed by atoms with Crippen LogP contribution in [0.4, 0.5) is 0 Å². The number of piperidine rings is 1. The van der Waals surface area contributed by atoms with Crippen LogP contribution >= 0.6 is 0 Å². The summed E-state index contributed by atoms with van der Waals surface area (Å²) in [5.41, 5.74) is 2.67. The van der Waals surface area contributed by atoms with Crippen LogP contribution in [0.3, 0.4) is 0 Å². The predicted molar refractivity (Wildman–Crippen MR) is 88.8 cm³/mol. The SMILES string of the molecule is CCCc1ccc(C(=O)CN2CCC(C)(CC)CC2)cc1. The first-order valence-corrected chi connectivity index (χ1v) is 8.41. The number of aryl methyl sites for hydroxylation is 1. The van der Waals surface area contributed by atoms with Crippen LogP contribution < -0.4 is 0 Å². The zero-order valence-electron chi connectivity index (χ0n) is 13.8. The molecule has 1 aromatic carbocycles. The molecule has 1 aromatic rings. The number of carbonyl (C=O) groups excluding carboxylic acids is 1. The van der Waals surface area contributed by atoms with Gasteiger partial charge in [0.2, 0.25) is 0 Å². The van der Waals surface area contributed by atoms with Crippen LogP contribution in [0.1, 0.15) is 62.4 Å². The molecule has 0 radical (unpaired) electrons. The molecule has 0 unspecified atom stereocenters. The second kappa shape index (κ2) is 7.22. The van der Waals surface area contributed by atoms with E-state index in [0.29, 0.717) is 12.0 Å². The average molecular weight is 287 g/mol. The minimum absolute atomic E-state index is 0.262. The third-order valence-electron chi connectivity index (χ3n) is 5.10. The highest BCUT2D eigenvalue weighted by Crippen LogP contribution is 2.33. The van der Waals surface area contributed by atoms with Crippen molar-refractivity contribution >= 4 is 5.78 Å². The van der Waals surface area contributed by atoms with E-state index in [2.05, 4.69) is 37.8 Å². The lowest BCUT2D eigenvalue weighted by Gasteiger charge is -2.38. The normalized spacial score (nSPS) is 18.6. The predicted octanol–water partition coefficient (Wildman–Crippen LogP) is 4.33. The molecule has 2 heteroatoms. The van der Waals surface area contributed by atoms with Crippen LogP contribution in [0.5, 0.6) is 0 Å². The van der Waals surface area contributed by atoms with E-state index in [1.165, 1.54) is 24.8 Å². The molecule has 21 heavy (non-hydrogen) atoms. The second-order valence-electron chi connectivity index (χ2n) is 6.81. The Balaban J connectivity index is 1.87. The van der Waals surface area contributed by atoms with Crippen molar-refractivity contribution in [3.8, 4) is 0 Å². The minimum Gasteiger partial charge on any atom is -0.296 e. The summed E-state index contributed by atoms with van der Waals surface area (Å²) in [6.45, 7) is 9.53. The fraction of sp³-hybridized carbons (Fsp3) is 0.632. The highest BCUT2D eigenvalue weighted by molar-refractivity contribution is 5.97. The van der Waals surface area contributed by atoms with Gasteiger partial charge in [0.25, 0.3) is 0 Å². The Morgan fingerprint density at radius 2 is 1.76 bits per heavy atom. The Morgan fingerprint density at radius 3 is 2.29 bits per heavy atom. The number of hydrogen-bond donors (Lipinski definition) is 0. The summed E-state index contributed by atoms with van der Waals surface area (Å²) in [7, 11) is 0. The largest absolute Gasteiger partial charge is 0.296 e. The van der Waals surface area contributed by atoms with Gasteiger partial charge in [-0.3, -0.25) is 9.69 Å². The summed E-state index contributed by atoms with van der Waals surface area (Å²) in [5, 5.41) is 0. The summed E-state index contributed by atoms with van der Waals surface area (Å²) in [6, 6.07) is 8.18. The average Bonchev–Trinajstić information content (AvgIpc) is 2.51. The Bertz CT molecular complexity index is 455. The van der Waals surface area contributed by atoms with E-state index in [4.69, 9.17) is 0 Å². The number of rotatable bonds is 6. The molecule has 0 bridgehead atoms. The molecule has 1 saturated heterocycles. The van der Waals surface area contributed by atoms with Crippen molar-refractivity contribution in [1.29, 1.82) is 0 Å². The fourth-order valence-electron chi connectivity index (χ4n) is 3.04. The first-order valence-electron chi connectivity index (χ1n) is 8.41. The van der Waals surface area contributed by atoms with Crippen molar-refractivity contribution in [2.45, 2.75) is 52.9 Å². The molecule has 0 amide bonds. The summed E-state index contributed by atoms with van der Waals surface area (Å²) < 4.78 is 0. The Labute approximate surface area is 129 Å². The lowest BCUT2D eigenvalue weighted by atomic mass is 9.78. The van der Waals surface area contributed by atoms with Crippen LogP contribution in [-0.4, -0.2) is 30.3 Å². The molecule has 0 saturated carbocycles. The van der Waals surface area contributed by atoms with Gasteiger partial charge in [-0.15, -0.1) is 0 Å². The van der Waals surface area contributed by atoms with Gasteiger partial charge < -0.3 is 0 Å². The molecule has 116 valence electrons. The van der Waals surface area contributed by atoms with E-state index >= 15 is 0 Å². The lowest BCUT2D eigenvalue weighted by Crippen LogP contribution is -2.40. The van der Waals surface area contributed by atoms with E-state index in [1.54, 1.807) is 0 Å². The second-order valence-corrected chi connectivity index (χ2v) is 6.81. The Morgan fingerprint density at radius 1 is 1.14 bits per heavy atom. The summed E-state index contributed by atoms with van der Waals surface area (Å²) in [6.07, 6.45) is 5.92. The zero-order valence-corrected chi connectivity index (χ0v) is 13.8. The zero-order chi connectivity index (χ0) is 15.3. The van der Waals surface area contributed by atoms with Gasteiger partial charge in [-0.25, -0.2) is 0 Å². The van der Waals surface area contributed by atoms with Crippen molar-refractivity contribution in [3.05, 3.63) is 35.4 Å². The molecule has 1 fully saturated rings. The maximum Gasteiger partial charge on any atom is 0.176 e. The molecule has 0 N–H and O–H groups in total. The Kier molecular flexibility index (Phi) is 5.58. The van der Waals surface area contributed by atoms with Crippen LogP contribution in [0, 0.1) is 5.41 Å². The van der Waals surface area contributed by atoms with Crippen molar-refractivity contribution in [3.63, 3.8) is 0 Å². The number of likely N-dealkylation sites (tertiary alicyclic amines) is 1. The fourth-order valence-corrected chi connectivity index (χ4v) is 3.04. The number of hydrogen-bond acceptors (Lipinski definition) is 2. The van der Waals surface area contributed by atoms with E-state index in [-0.39, 0.29) is 5.78 Å². The topological polar surface area (TPSA) is 20.3 Å². The van der Waals surface area contributed by atoms with Crippen LogP contribution in [-0.2, 0) is 6.42 Å². The highest BCUT2D eigenvalue weighted by atomic mass is 16.1. The number of ketones is 1. The molecular formula is C19H29NO. The van der Waals surface area contributed by atoms with E-state index in [9.17, 15) is 4.79 Å². The highest BCUT2D eigenvalue weighted by Gasteiger charge is 2.28. The molecular weight excluding hydrogens is 258 g/mol. The summed E-state index contributed by atoms with van der Waals surface area (Å²) >= 11 is 0. The van der Waals surface area contributed by atoms with Gasteiger partial charge in [0.05, 0.1) is 6.54 Å². The Hall–Kier alpha value is -1.15. The van der Waals surface area contributed by atoms with E-state index in [0.717, 1.165) is 31.5 Å². The summed E-state index contributed by atoms with van der Waals surface area (Å²) in [4.78, 5) is 14.7. The minimum atomic E-state index is 0.262. The summed E-state index contributed by atoms with van der Waals surface area (Å²) in [5.74, 6) is 0.262. The van der Waals surface area contributed by atoms with Gasteiger partial charge in [0.1, 0.15) is 0 Å². The van der Waals surface area contributed by atoms with Crippen molar-refractivity contribution in [1.82, 2.24) is 4.90 Å². The van der Waals surface area contributed by atoms with Gasteiger partial charge in [-0.1, -0.05) is 57.9 Å². The molecule has 2 nitrogen and oxygen atoms in total. The quantitative estimate of drug-likeness (QED) is 0.726. The molecule has 2 rings (SSSR count). The van der Waals surface area contributed by atoms with Crippen molar-refractivity contribution in [2.75, 3.05) is 19.6 Å². The van der Waals surface area contributed by atoms with Crippen LogP contribution in [0.15, 0.2) is 24.3 Å². The van der Waals surface area contributed by atoms with Crippen LogP contribution in [0.2, 0.25) is 0 Å². The standard InChI is InChI=1S/C19H29NO/c1-4-6-16-7-9-17(10-8-16)18(21)15-20-13-11-19(3,5-2)12-14-20/h7-10H,4-6,11-15H2,1-3H3. The number of Topliss-reactive ketones (excluding diaryl/α,β-unsaturated/α-hetero) is 1. The van der Waals surface area contributed by atoms with Gasteiger partial charge in [-0.05, 0) is 43.3 Å². The number of nitrogens with zero attached hydrogens (tertiary/aromatic N) is 1. The first-order chi connectivity index (χ1) is 10.1. The molecule has 0 aliphatic carbocycles. The first kappa shape index (κ1) is 16.2. The number of benzene rings is 1. The molecule has 0 spiro atoms. The van der Waals surface area contributed by atoms with Crippen molar-refractivity contribution in [2.24, 2.45) is 5.41 Å². The van der Waals surface area contributed by atoms with Gasteiger partial charge in [-0.2, -0.15) is 0 Å². The smallest absolute Gasteiger partial charge is 0.176 e. The monoisotopic (exact) mass is 287 g/mol. The number of carbonyl (C=O) groups is 1. The van der Waals surface area contributed by atoms with Gasteiger partial charge >= 0.3 is 0 Å². The van der Waals surface area contributed by atoms with Crippen LogP contribution in [0.25, 0.3) is 0 Å². The maximum atomic E-state index is 12.4. The molecule has 0 atom stereocenters. The van der Waals surface area contributed by atoms with E-state index < -0.39 is 0 Å². The van der Waals surface area contributed by atoms with Gasteiger partial charge in [0, 0.05) is 5.56 Å². The molecule has 1 aliphatic heterocycles. The molecule has 0 aromatic heterocycles. The third kappa shape index (κ3) is 4.41. The van der Waals surface area contributed by atoms with E-state index in [1.807, 2.05) is 12.1 Å². The molecule has 1 aliphatic rings. The van der Waals surface area contributed by atoms with Gasteiger partial charge in [0.15, 0.2) is 5.78 Å².